The van der Waals surface area contributed by atoms with Crippen molar-refractivity contribution in [1.29, 1.82) is 0 Å². The molecule has 4 heteroatoms. The zero-order valence-corrected chi connectivity index (χ0v) is 12.1. The second kappa shape index (κ2) is 5.06. The Balaban J connectivity index is 1.95. The van der Waals surface area contributed by atoms with Crippen molar-refractivity contribution >= 4 is 28.2 Å². The molecule has 0 aliphatic carbocycles. The lowest BCUT2D eigenvalue weighted by atomic mass is 10.2. The molecule has 20 heavy (non-hydrogen) atoms. The van der Waals surface area contributed by atoms with Crippen LogP contribution in [-0.2, 0) is 0 Å². The Bertz CT molecular complexity index is 797. The van der Waals surface area contributed by atoms with Crippen LogP contribution in [0.25, 0.3) is 11.0 Å². The lowest BCUT2D eigenvalue weighted by Crippen LogP contribution is -2.00. The number of hydrogen-bond donors (Lipinski definition) is 0. The minimum atomic E-state index is -0.0257. The Morgan fingerprint density at radius 3 is 2.75 bits per heavy atom. The molecule has 0 bridgehead atoms. The lowest BCUT2D eigenvalue weighted by molar-refractivity contribution is 0.104. The zero-order valence-electron chi connectivity index (χ0n) is 11.3. The van der Waals surface area contributed by atoms with Gasteiger partial charge in [-0.1, -0.05) is 36.4 Å². The van der Waals surface area contributed by atoms with E-state index in [-0.39, 0.29) is 5.78 Å². The SMILES string of the molecule is Cc1sc2ncc(C(=O)C=Cc3ccccc3)n2c1C. The fraction of sp³-hybridized carbons (Fsp3) is 0.125. The molecule has 0 radical (unpaired) electrons. The molecular weight excluding hydrogens is 268 g/mol. The van der Waals surface area contributed by atoms with E-state index < -0.39 is 0 Å². The maximum atomic E-state index is 12.3. The van der Waals surface area contributed by atoms with Gasteiger partial charge in [0.15, 0.2) is 4.96 Å². The second-order valence-electron chi connectivity index (χ2n) is 4.61. The number of carbonyl (C=O) groups excluding carboxylic acids is 1. The van der Waals surface area contributed by atoms with Gasteiger partial charge in [-0.25, -0.2) is 4.98 Å². The smallest absolute Gasteiger partial charge is 0.204 e. The van der Waals surface area contributed by atoms with Crippen LogP contribution in [0, 0.1) is 13.8 Å². The van der Waals surface area contributed by atoms with Gasteiger partial charge in [-0.05, 0) is 25.5 Å². The number of benzene rings is 1. The first-order chi connectivity index (χ1) is 9.66. The monoisotopic (exact) mass is 282 g/mol. The predicted octanol–water partition coefficient (Wildman–Crippen LogP) is 3.91. The summed E-state index contributed by atoms with van der Waals surface area (Å²) in [5, 5.41) is 0. The molecular formula is C16H14N2OS. The van der Waals surface area contributed by atoms with E-state index in [1.54, 1.807) is 23.6 Å². The average Bonchev–Trinajstić information content (AvgIpc) is 2.99. The number of aromatic nitrogens is 2. The van der Waals surface area contributed by atoms with E-state index in [0.717, 1.165) is 16.2 Å². The number of ketones is 1. The number of rotatable bonds is 3. The minimum Gasteiger partial charge on any atom is -0.288 e. The number of fused-ring (bicyclic) bond motifs is 1. The number of thiazole rings is 1. The summed E-state index contributed by atoms with van der Waals surface area (Å²) < 4.78 is 1.93. The summed E-state index contributed by atoms with van der Waals surface area (Å²) in [4.78, 5) is 18.7. The van der Waals surface area contributed by atoms with Crippen LogP contribution in [-0.4, -0.2) is 15.2 Å². The summed E-state index contributed by atoms with van der Waals surface area (Å²) in [5.41, 5.74) is 2.72. The standard InChI is InChI=1S/C16H14N2OS/c1-11-12(2)20-16-17-10-14(18(11)16)15(19)9-8-13-6-4-3-5-7-13/h3-10H,1-2H3. The average molecular weight is 282 g/mol. The fourth-order valence-electron chi connectivity index (χ4n) is 2.09. The zero-order chi connectivity index (χ0) is 14.1. The largest absolute Gasteiger partial charge is 0.288 e. The van der Waals surface area contributed by atoms with Crippen LogP contribution in [0.1, 0.15) is 26.6 Å². The van der Waals surface area contributed by atoms with E-state index in [2.05, 4.69) is 4.98 Å². The highest BCUT2D eigenvalue weighted by molar-refractivity contribution is 7.17. The highest BCUT2D eigenvalue weighted by Gasteiger charge is 2.14. The Kier molecular flexibility index (Phi) is 3.24. The highest BCUT2D eigenvalue weighted by Crippen LogP contribution is 2.23. The maximum absolute atomic E-state index is 12.3. The second-order valence-corrected chi connectivity index (χ2v) is 5.79. The minimum absolute atomic E-state index is 0.0257. The summed E-state index contributed by atoms with van der Waals surface area (Å²) in [6, 6.07) is 9.80. The molecule has 3 aromatic rings. The van der Waals surface area contributed by atoms with E-state index in [4.69, 9.17) is 0 Å². The number of hydrogen-bond acceptors (Lipinski definition) is 3. The third-order valence-corrected chi connectivity index (χ3v) is 4.37. The first-order valence-electron chi connectivity index (χ1n) is 6.38. The molecule has 0 aliphatic rings. The molecule has 0 saturated heterocycles. The van der Waals surface area contributed by atoms with Gasteiger partial charge in [-0.3, -0.25) is 9.20 Å². The molecule has 3 rings (SSSR count). The highest BCUT2D eigenvalue weighted by atomic mass is 32.1. The Morgan fingerprint density at radius 2 is 2.00 bits per heavy atom. The molecule has 3 nitrogen and oxygen atoms in total. The number of aryl methyl sites for hydroxylation is 2. The molecule has 0 spiro atoms. The molecule has 0 fully saturated rings. The van der Waals surface area contributed by atoms with Crippen molar-refractivity contribution in [2.45, 2.75) is 13.8 Å². The Morgan fingerprint density at radius 1 is 1.25 bits per heavy atom. The van der Waals surface area contributed by atoms with E-state index in [9.17, 15) is 4.79 Å². The van der Waals surface area contributed by atoms with Crippen LogP contribution < -0.4 is 0 Å². The van der Waals surface area contributed by atoms with Crippen molar-refractivity contribution in [3.63, 3.8) is 0 Å². The summed E-state index contributed by atoms with van der Waals surface area (Å²) in [6.45, 7) is 4.06. The van der Waals surface area contributed by atoms with Crippen LogP contribution in [0.15, 0.2) is 42.6 Å². The molecule has 0 amide bonds. The third-order valence-electron chi connectivity index (χ3n) is 3.30. The van der Waals surface area contributed by atoms with Gasteiger partial charge in [0.25, 0.3) is 0 Å². The molecule has 0 aliphatic heterocycles. The fourth-order valence-corrected chi connectivity index (χ4v) is 3.04. The van der Waals surface area contributed by atoms with Gasteiger partial charge in [-0.2, -0.15) is 0 Å². The lowest BCUT2D eigenvalue weighted by Gasteiger charge is -1.97. The van der Waals surface area contributed by atoms with Gasteiger partial charge in [0.2, 0.25) is 5.78 Å². The van der Waals surface area contributed by atoms with E-state index in [1.807, 2.05) is 54.7 Å². The molecule has 100 valence electrons. The molecule has 0 N–H and O–H groups in total. The topological polar surface area (TPSA) is 34.4 Å². The van der Waals surface area contributed by atoms with Crippen molar-refractivity contribution in [3.05, 3.63) is 64.4 Å². The van der Waals surface area contributed by atoms with Gasteiger partial charge in [0.1, 0.15) is 5.69 Å². The van der Waals surface area contributed by atoms with Gasteiger partial charge in [-0.15, -0.1) is 11.3 Å². The molecule has 0 atom stereocenters. The van der Waals surface area contributed by atoms with Crippen LogP contribution in [0.5, 0.6) is 0 Å². The molecule has 0 saturated carbocycles. The Hall–Kier alpha value is -2.20. The first kappa shape index (κ1) is 12.8. The number of carbonyl (C=O) groups is 1. The number of allylic oxidation sites excluding steroid dienone is 1. The van der Waals surface area contributed by atoms with Gasteiger partial charge >= 0.3 is 0 Å². The number of nitrogens with zero attached hydrogens (tertiary/aromatic N) is 2. The van der Waals surface area contributed by atoms with Crippen LogP contribution >= 0.6 is 11.3 Å². The van der Waals surface area contributed by atoms with E-state index in [1.165, 1.54) is 4.88 Å². The van der Waals surface area contributed by atoms with E-state index in [0.29, 0.717) is 5.69 Å². The molecule has 1 aromatic carbocycles. The van der Waals surface area contributed by atoms with Crippen LogP contribution in [0.2, 0.25) is 0 Å². The quantitative estimate of drug-likeness (QED) is 0.539. The summed E-state index contributed by atoms with van der Waals surface area (Å²) in [7, 11) is 0. The van der Waals surface area contributed by atoms with Crippen molar-refractivity contribution in [1.82, 2.24) is 9.38 Å². The van der Waals surface area contributed by atoms with Gasteiger partial charge < -0.3 is 0 Å². The van der Waals surface area contributed by atoms with Crippen LogP contribution in [0.3, 0.4) is 0 Å². The van der Waals surface area contributed by atoms with Gasteiger partial charge in [0.05, 0.1) is 6.20 Å². The van der Waals surface area contributed by atoms with Crippen molar-refractivity contribution in [3.8, 4) is 0 Å². The summed E-state index contributed by atoms with van der Waals surface area (Å²) >= 11 is 1.61. The van der Waals surface area contributed by atoms with E-state index >= 15 is 0 Å². The number of imidazole rings is 1. The Labute approximate surface area is 121 Å². The molecule has 0 unspecified atom stereocenters. The summed E-state index contributed by atoms with van der Waals surface area (Å²) in [5.74, 6) is -0.0257. The third kappa shape index (κ3) is 2.18. The summed E-state index contributed by atoms with van der Waals surface area (Å²) in [6.07, 6.45) is 5.08. The first-order valence-corrected chi connectivity index (χ1v) is 7.19. The molecule has 2 aromatic heterocycles. The van der Waals surface area contributed by atoms with Crippen LogP contribution in [0.4, 0.5) is 0 Å². The molecule has 2 heterocycles. The van der Waals surface area contributed by atoms with Crippen molar-refractivity contribution in [2.24, 2.45) is 0 Å². The van der Waals surface area contributed by atoms with Crippen molar-refractivity contribution in [2.75, 3.05) is 0 Å². The normalized spacial score (nSPS) is 11.5. The maximum Gasteiger partial charge on any atom is 0.204 e. The predicted molar refractivity (Wildman–Crippen MR) is 82.3 cm³/mol. The van der Waals surface area contributed by atoms with Crippen molar-refractivity contribution < 1.29 is 4.79 Å². The van der Waals surface area contributed by atoms with Gasteiger partial charge in [0, 0.05) is 10.6 Å².